The molecule has 162 valence electrons. The molecule has 1 amide bonds. The first-order valence-electron chi connectivity index (χ1n) is 9.87. The fourth-order valence-electron chi connectivity index (χ4n) is 3.45. The zero-order valence-corrected chi connectivity index (χ0v) is 16.9. The number of ether oxygens (including phenoxy) is 2. The van der Waals surface area contributed by atoms with Crippen molar-refractivity contribution in [2.75, 3.05) is 26.8 Å². The first-order valence-corrected chi connectivity index (χ1v) is 9.87. The molecular formula is C22H21F2N3O4. The molecule has 1 aliphatic rings. The summed E-state index contributed by atoms with van der Waals surface area (Å²) in [4.78, 5) is 18.7. The molecule has 1 unspecified atom stereocenters. The molecule has 4 rings (SSSR count). The van der Waals surface area contributed by atoms with E-state index in [-0.39, 0.29) is 29.0 Å². The Hall–Kier alpha value is -3.49. The lowest BCUT2D eigenvalue weighted by Gasteiger charge is -2.16. The van der Waals surface area contributed by atoms with Crippen molar-refractivity contribution in [3.8, 4) is 11.5 Å². The predicted octanol–water partition coefficient (Wildman–Crippen LogP) is 3.61. The van der Waals surface area contributed by atoms with E-state index in [9.17, 15) is 13.6 Å². The second kappa shape index (κ2) is 9.11. The van der Waals surface area contributed by atoms with Gasteiger partial charge in [-0.1, -0.05) is 5.16 Å². The Balaban J connectivity index is 1.31. The highest BCUT2D eigenvalue weighted by molar-refractivity contribution is 5.94. The van der Waals surface area contributed by atoms with Crippen LogP contribution in [0.2, 0.25) is 0 Å². The van der Waals surface area contributed by atoms with E-state index in [1.54, 1.807) is 23.1 Å². The number of benzene rings is 2. The molecule has 1 aromatic heterocycles. The van der Waals surface area contributed by atoms with Gasteiger partial charge in [0.15, 0.2) is 17.4 Å². The number of carbonyl (C=O) groups excluding carboxylic acids is 1. The van der Waals surface area contributed by atoms with E-state index < -0.39 is 5.82 Å². The summed E-state index contributed by atoms with van der Waals surface area (Å²) in [6.07, 6.45) is 1.11. The van der Waals surface area contributed by atoms with Gasteiger partial charge in [0.25, 0.3) is 5.91 Å². The summed E-state index contributed by atoms with van der Waals surface area (Å²) >= 11 is 0. The van der Waals surface area contributed by atoms with Crippen LogP contribution in [0.4, 0.5) is 8.78 Å². The smallest absolute Gasteiger partial charge is 0.253 e. The van der Waals surface area contributed by atoms with Gasteiger partial charge in [-0.25, -0.2) is 8.78 Å². The highest BCUT2D eigenvalue weighted by Gasteiger charge is 2.31. The molecule has 0 radical (unpaired) electrons. The molecule has 1 atom stereocenters. The van der Waals surface area contributed by atoms with E-state index >= 15 is 0 Å². The van der Waals surface area contributed by atoms with E-state index in [0.717, 1.165) is 0 Å². The number of likely N-dealkylation sites (tertiary alicyclic amines) is 1. The first-order chi connectivity index (χ1) is 15.0. The molecule has 0 spiro atoms. The van der Waals surface area contributed by atoms with Crippen LogP contribution in [-0.4, -0.2) is 47.8 Å². The van der Waals surface area contributed by atoms with E-state index in [1.807, 2.05) is 0 Å². The summed E-state index contributed by atoms with van der Waals surface area (Å²) in [5.74, 6) is 0.391. The van der Waals surface area contributed by atoms with Crippen LogP contribution in [0, 0.1) is 11.6 Å². The van der Waals surface area contributed by atoms with Gasteiger partial charge in [-0.15, -0.1) is 0 Å². The van der Waals surface area contributed by atoms with E-state index in [1.165, 1.54) is 31.4 Å². The molecule has 1 fully saturated rings. The largest absolute Gasteiger partial charge is 0.494 e. The van der Waals surface area contributed by atoms with Crippen molar-refractivity contribution in [3.05, 3.63) is 71.4 Å². The zero-order chi connectivity index (χ0) is 21.8. The van der Waals surface area contributed by atoms with Crippen LogP contribution >= 0.6 is 0 Å². The molecular weight excluding hydrogens is 408 g/mol. The summed E-state index contributed by atoms with van der Waals surface area (Å²) in [5, 5.41) is 3.97. The molecule has 9 heteroatoms. The van der Waals surface area contributed by atoms with Crippen LogP contribution in [0.1, 0.15) is 34.4 Å². The Morgan fingerprint density at radius 3 is 2.77 bits per heavy atom. The van der Waals surface area contributed by atoms with Gasteiger partial charge in [-0.05, 0) is 48.9 Å². The number of rotatable bonds is 7. The minimum atomic E-state index is -0.575. The lowest BCUT2D eigenvalue weighted by Crippen LogP contribution is -2.28. The first kappa shape index (κ1) is 20.8. The van der Waals surface area contributed by atoms with Crippen molar-refractivity contribution in [2.45, 2.75) is 18.8 Å². The van der Waals surface area contributed by atoms with Gasteiger partial charge in [-0.3, -0.25) is 4.79 Å². The number of nitrogens with zero attached hydrogens (tertiary/aromatic N) is 3. The van der Waals surface area contributed by atoms with Gasteiger partial charge >= 0.3 is 0 Å². The van der Waals surface area contributed by atoms with Crippen LogP contribution in [-0.2, 0) is 6.42 Å². The fraction of sp³-hybridized carbons (Fsp3) is 0.318. The Morgan fingerprint density at radius 2 is 2.03 bits per heavy atom. The van der Waals surface area contributed by atoms with Crippen molar-refractivity contribution in [2.24, 2.45) is 0 Å². The van der Waals surface area contributed by atoms with Gasteiger partial charge in [0.05, 0.1) is 19.6 Å². The number of hydrogen-bond donors (Lipinski definition) is 0. The maximum atomic E-state index is 13.9. The lowest BCUT2D eigenvalue weighted by atomic mass is 10.1. The van der Waals surface area contributed by atoms with Crippen molar-refractivity contribution in [1.82, 2.24) is 15.0 Å². The Kier molecular flexibility index (Phi) is 6.11. The van der Waals surface area contributed by atoms with E-state index in [4.69, 9.17) is 14.0 Å². The molecule has 2 aromatic carbocycles. The van der Waals surface area contributed by atoms with Gasteiger partial charge in [0, 0.05) is 25.1 Å². The topological polar surface area (TPSA) is 77.7 Å². The maximum Gasteiger partial charge on any atom is 0.253 e. The number of aromatic nitrogens is 2. The van der Waals surface area contributed by atoms with Crippen LogP contribution in [0.25, 0.3) is 0 Å². The highest BCUT2D eigenvalue weighted by Crippen LogP contribution is 2.28. The Labute approximate surface area is 177 Å². The highest BCUT2D eigenvalue weighted by atomic mass is 19.1. The number of methoxy groups -OCH3 is 1. The van der Waals surface area contributed by atoms with Crippen LogP contribution in [0.5, 0.6) is 11.5 Å². The molecule has 1 saturated heterocycles. The molecule has 0 bridgehead atoms. The number of carbonyl (C=O) groups is 1. The average Bonchev–Trinajstić information content (AvgIpc) is 3.44. The number of amides is 1. The van der Waals surface area contributed by atoms with Crippen molar-refractivity contribution >= 4 is 5.91 Å². The van der Waals surface area contributed by atoms with Crippen LogP contribution in [0.3, 0.4) is 0 Å². The second-order valence-corrected chi connectivity index (χ2v) is 7.19. The molecule has 7 nitrogen and oxygen atoms in total. The zero-order valence-electron chi connectivity index (χ0n) is 16.9. The molecule has 1 aliphatic heterocycles. The summed E-state index contributed by atoms with van der Waals surface area (Å²) in [5.41, 5.74) is 0.267. The molecule has 31 heavy (non-hydrogen) atoms. The third-order valence-corrected chi connectivity index (χ3v) is 5.12. The third-order valence-electron chi connectivity index (χ3n) is 5.12. The lowest BCUT2D eigenvalue weighted by molar-refractivity contribution is 0.0789. The molecule has 2 heterocycles. The predicted molar refractivity (Wildman–Crippen MR) is 106 cm³/mol. The average molecular weight is 429 g/mol. The molecule has 0 N–H and O–H groups in total. The van der Waals surface area contributed by atoms with Crippen molar-refractivity contribution in [3.63, 3.8) is 0 Å². The fourth-order valence-corrected chi connectivity index (χ4v) is 3.45. The summed E-state index contributed by atoms with van der Waals surface area (Å²) < 4.78 is 42.6. The Bertz CT molecular complexity index is 1060. The van der Waals surface area contributed by atoms with E-state index in [2.05, 4.69) is 10.1 Å². The van der Waals surface area contributed by atoms with Crippen LogP contribution < -0.4 is 9.47 Å². The van der Waals surface area contributed by atoms with Gasteiger partial charge in [0.1, 0.15) is 11.6 Å². The summed E-state index contributed by atoms with van der Waals surface area (Å²) in [7, 11) is 1.37. The van der Waals surface area contributed by atoms with Crippen molar-refractivity contribution < 1.29 is 27.6 Å². The van der Waals surface area contributed by atoms with Gasteiger partial charge < -0.3 is 18.9 Å². The minimum absolute atomic E-state index is 0.0775. The van der Waals surface area contributed by atoms with Gasteiger partial charge in [0.2, 0.25) is 5.89 Å². The number of halogens is 2. The molecule has 0 aliphatic carbocycles. The Morgan fingerprint density at radius 1 is 1.23 bits per heavy atom. The van der Waals surface area contributed by atoms with Gasteiger partial charge in [-0.2, -0.15) is 4.98 Å². The molecule has 0 saturated carbocycles. The quantitative estimate of drug-likeness (QED) is 0.571. The van der Waals surface area contributed by atoms with E-state index in [0.29, 0.717) is 50.0 Å². The summed E-state index contributed by atoms with van der Waals surface area (Å²) in [6.45, 7) is 1.26. The maximum absolute atomic E-state index is 13.9. The van der Waals surface area contributed by atoms with Crippen LogP contribution in [0.15, 0.2) is 47.0 Å². The summed E-state index contributed by atoms with van der Waals surface area (Å²) in [6, 6.07) is 9.93. The second-order valence-electron chi connectivity index (χ2n) is 7.19. The van der Waals surface area contributed by atoms with Crippen molar-refractivity contribution in [1.29, 1.82) is 0 Å². The molecule has 3 aromatic rings. The standard InChI is InChI=1S/C22H21F2N3O4/c1-29-19-7-2-14(12-18(19)24)22(28)27-10-8-15(13-27)21-25-20(26-31-21)9-11-30-17-5-3-16(23)4-6-17/h2-7,12,15H,8-11,13H2,1H3. The third kappa shape index (κ3) is 4.82. The normalized spacial score (nSPS) is 15.8. The minimum Gasteiger partial charge on any atom is -0.494 e. The monoisotopic (exact) mass is 429 g/mol. The SMILES string of the molecule is COc1ccc(C(=O)N2CCC(c3nc(CCOc4ccc(F)cc4)no3)C2)cc1F. The number of hydrogen-bond acceptors (Lipinski definition) is 6.